The van der Waals surface area contributed by atoms with E-state index in [1.165, 1.54) is 7.11 Å². The highest BCUT2D eigenvalue weighted by Crippen LogP contribution is 1.94. The predicted molar refractivity (Wildman–Crippen MR) is 53.6 cm³/mol. The van der Waals surface area contributed by atoms with Crippen LogP contribution >= 0.6 is 11.6 Å². The third-order valence-corrected chi connectivity index (χ3v) is 3.20. The van der Waals surface area contributed by atoms with Crippen LogP contribution < -0.4 is 4.72 Å². The van der Waals surface area contributed by atoms with Gasteiger partial charge in [0.1, 0.15) is 0 Å². The van der Waals surface area contributed by atoms with E-state index in [-0.39, 0.29) is 11.8 Å². The van der Waals surface area contributed by atoms with Gasteiger partial charge in [-0.25, -0.2) is 13.1 Å². The minimum Gasteiger partial charge on any atom is -0.383 e. The highest BCUT2D eigenvalue weighted by molar-refractivity contribution is 7.89. The molecule has 0 aromatic rings. The predicted octanol–water partition coefficient (Wildman–Crippen LogP) is 0.570. The Bertz CT molecular complexity index is 218. The SMILES string of the molecule is COCC(C)NS(=O)(=O)CCCCl. The van der Waals surface area contributed by atoms with E-state index in [4.69, 9.17) is 16.3 Å². The molecule has 1 atom stereocenters. The second-order valence-corrected chi connectivity index (χ2v) is 5.09. The van der Waals surface area contributed by atoms with Gasteiger partial charge in [0.05, 0.1) is 12.4 Å². The summed E-state index contributed by atoms with van der Waals surface area (Å²) >= 11 is 5.39. The summed E-state index contributed by atoms with van der Waals surface area (Å²) in [6.45, 7) is 2.13. The molecule has 13 heavy (non-hydrogen) atoms. The van der Waals surface area contributed by atoms with Crippen molar-refractivity contribution in [2.75, 3.05) is 25.3 Å². The monoisotopic (exact) mass is 229 g/mol. The second-order valence-electron chi connectivity index (χ2n) is 2.84. The maximum atomic E-state index is 11.2. The van der Waals surface area contributed by atoms with E-state index < -0.39 is 10.0 Å². The molecule has 0 amide bonds. The van der Waals surface area contributed by atoms with Crippen LogP contribution in [0.5, 0.6) is 0 Å². The Balaban J connectivity index is 3.87. The summed E-state index contributed by atoms with van der Waals surface area (Å²) in [5, 5.41) is 0. The lowest BCUT2D eigenvalue weighted by Crippen LogP contribution is -2.37. The summed E-state index contributed by atoms with van der Waals surface area (Å²) < 4.78 is 29.8. The van der Waals surface area contributed by atoms with Crippen molar-refractivity contribution >= 4 is 21.6 Å². The van der Waals surface area contributed by atoms with Gasteiger partial charge >= 0.3 is 0 Å². The molecule has 1 N–H and O–H groups in total. The van der Waals surface area contributed by atoms with Crippen molar-refractivity contribution in [2.45, 2.75) is 19.4 Å². The topological polar surface area (TPSA) is 55.4 Å². The molecule has 0 aliphatic rings. The molecule has 0 radical (unpaired) electrons. The molecule has 80 valence electrons. The van der Waals surface area contributed by atoms with Crippen molar-refractivity contribution in [3.8, 4) is 0 Å². The highest BCUT2D eigenvalue weighted by Gasteiger charge is 2.13. The maximum absolute atomic E-state index is 11.2. The third kappa shape index (κ3) is 7.25. The van der Waals surface area contributed by atoms with Crippen molar-refractivity contribution in [2.24, 2.45) is 0 Å². The zero-order chi connectivity index (χ0) is 10.3. The van der Waals surface area contributed by atoms with Crippen LogP contribution in [-0.4, -0.2) is 39.8 Å². The van der Waals surface area contributed by atoms with E-state index in [9.17, 15) is 8.42 Å². The number of rotatable bonds is 7. The summed E-state index contributed by atoms with van der Waals surface area (Å²) in [5.41, 5.74) is 0. The molecule has 0 saturated carbocycles. The van der Waals surface area contributed by atoms with Crippen molar-refractivity contribution < 1.29 is 13.2 Å². The first-order chi connectivity index (χ1) is 6.02. The Kier molecular flexibility index (Phi) is 6.67. The quantitative estimate of drug-likeness (QED) is 0.650. The van der Waals surface area contributed by atoms with Gasteiger partial charge in [0.15, 0.2) is 0 Å². The van der Waals surface area contributed by atoms with Gasteiger partial charge < -0.3 is 4.74 Å². The van der Waals surface area contributed by atoms with Crippen LogP contribution in [0.4, 0.5) is 0 Å². The van der Waals surface area contributed by atoms with Crippen LogP contribution in [0.3, 0.4) is 0 Å². The van der Waals surface area contributed by atoms with Crippen molar-refractivity contribution in [1.29, 1.82) is 0 Å². The number of nitrogens with one attached hydrogen (secondary N) is 1. The molecule has 0 rings (SSSR count). The van der Waals surface area contributed by atoms with Crippen LogP contribution in [0, 0.1) is 0 Å². The zero-order valence-corrected chi connectivity index (χ0v) is 9.49. The molecule has 0 aliphatic heterocycles. The van der Waals surface area contributed by atoms with Crippen LogP contribution in [0.25, 0.3) is 0 Å². The fourth-order valence-electron chi connectivity index (χ4n) is 0.894. The van der Waals surface area contributed by atoms with Gasteiger partial charge in [-0.2, -0.15) is 0 Å². The smallest absolute Gasteiger partial charge is 0.211 e. The van der Waals surface area contributed by atoms with Crippen LogP contribution in [0.15, 0.2) is 0 Å². The lowest BCUT2D eigenvalue weighted by atomic mass is 10.4. The zero-order valence-electron chi connectivity index (χ0n) is 7.92. The number of sulfonamides is 1. The first kappa shape index (κ1) is 13.2. The molecule has 0 aromatic carbocycles. The Morgan fingerprint density at radius 1 is 1.54 bits per heavy atom. The van der Waals surface area contributed by atoms with Crippen LogP contribution in [-0.2, 0) is 14.8 Å². The Morgan fingerprint density at radius 3 is 2.62 bits per heavy atom. The summed E-state index contributed by atoms with van der Waals surface area (Å²) in [6.07, 6.45) is 0.469. The van der Waals surface area contributed by atoms with E-state index in [1.807, 2.05) is 0 Å². The normalized spacial score (nSPS) is 14.4. The summed E-state index contributed by atoms with van der Waals surface area (Å²) in [4.78, 5) is 0. The van der Waals surface area contributed by atoms with E-state index in [1.54, 1.807) is 6.92 Å². The molecular weight excluding hydrogens is 214 g/mol. The summed E-state index contributed by atoms with van der Waals surface area (Å²) in [5.74, 6) is 0.435. The van der Waals surface area contributed by atoms with Gasteiger partial charge in [-0.3, -0.25) is 0 Å². The van der Waals surface area contributed by atoms with E-state index >= 15 is 0 Å². The molecule has 0 fully saturated rings. The number of ether oxygens (including phenoxy) is 1. The highest BCUT2D eigenvalue weighted by atomic mass is 35.5. The van der Waals surface area contributed by atoms with Crippen LogP contribution in [0.2, 0.25) is 0 Å². The Hall–Kier alpha value is 0.160. The first-order valence-corrected chi connectivity index (χ1v) is 6.25. The van der Waals surface area contributed by atoms with Crippen molar-refractivity contribution in [3.05, 3.63) is 0 Å². The molecule has 0 heterocycles. The van der Waals surface area contributed by atoms with Crippen molar-refractivity contribution in [3.63, 3.8) is 0 Å². The molecule has 1 unspecified atom stereocenters. The largest absolute Gasteiger partial charge is 0.383 e. The number of halogens is 1. The second kappa shape index (κ2) is 6.59. The molecule has 6 heteroatoms. The minimum atomic E-state index is -3.18. The fraction of sp³-hybridized carbons (Fsp3) is 1.00. The number of hydrogen-bond donors (Lipinski definition) is 1. The van der Waals surface area contributed by atoms with Gasteiger partial charge in [0.25, 0.3) is 0 Å². The number of methoxy groups -OCH3 is 1. The average molecular weight is 230 g/mol. The molecule has 0 bridgehead atoms. The van der Waals surface area contributed by atoms with E-state index in [0.29, 0.717) is 18.9 Å². The average Bonchev–Trinajstić information content (AvgIpc) is 2.00. The molecule has 0 aliphatic carbocycles. The van der Waals surface area contributed by atoms with Gasteiger partial charge in [0, 0.05) is 19.0 Å². The molecule has 0 aromatic heterocycles. The van der Waals surface area contributed by atoms with Crippen molar-refractivity contribution in [1.82, 2.24) is 4.72 Å². The Morgan fingerprint density at radius 2 is 2.15 bits per heavy atom. The molecule has 0 saturated heterocycles. The van der Waals surface area contributed by atoms with Gasteiger partial charge in [-0.15, -0.1) is 11.6 Å². The first-order valence-electron chi connectivity index (χ1n) is 4.06. The lowest BCUT2D eigenvalue weighted by molar-refractivity contribution is 0.180. The fourth-order valence-corrected chi connectivity index (χ4v) is 2.51. The van der Waals surface area contributed by atoms with Crippen LogP contribution in [0.1, 0.15) is 13.3 Å². The van der Waals surface area contributed by atoms with Gasteiger partial charge in [-0.1, -0.05) is 0 Å². The standard InChI is InChI=1S/C7H16ClNO3S/c1-7(6-12-2)9-13(10,11)5-3-4-8/h7,9H,3-6H2,1-2H3. The van der Waals surface area contributed by atoms with Gasteiger partial charge in [-0.05, 0) is 13.3 Å². The van der Waals surface area contributed by atoms with Gasteiger partial charge in [0.2, 0.25) is 10.0 Å². The molecule has 4 nitrogen and oxygen atoms in total. The summed E-state index contributed by atoms with van der Waals surface area (Å²) in [6, 6.07) is -0.190. The number of alkyl halides is 1. The summed E-state index contributed by atoms with van der Waals surface area (Å²) in [7, 11) is -1.65. The Labute approximate surface area is 84.7 Å². The lowest BCUT2D eigenvalue weighted by Gasteiger charge is -2.12. The molecule has 0 spiro atoms. The van der Waals surface area contributed by atoms with E-state index in [0.717, 1.165) is 0 Å². The number of hydrogen-bond acceptors (Lipinski definition) is 3. The molecular formula is C7H16ClNO3S. The third-order valence-electron chi connectivity index (χ3n) is 1.34. The minimum absolute atomic E-state index is 0.0740. The van der Waals surface area contributed by atoms with E-state index in [2.05, 4.69) is 4.72 Å². The maximum Gasteiger partial charge on any atom is 0.211 e.